The predicted molar refractivity (Wildman–Crippen MR) is 314 cm³/mol. The van der Waals surface area contributed by atoms with E-state index in [0.29, 0.717) is 23.9 Å². The summed E-state index contributed by atoms with van der Waals surface area (Å²) in [5.41, 5.74) is 0. The topological polar surface area (TPSA) is 111 Å². The van der Waals surface area contributed by atoms with Crippen LogP contribution in [-0.2, 0) is 27.9 Å². The number of amides is 1. The van der Waals surface area contributed by atoms with E-state index in [9.17, 15) is 19.0 Å². The Morgan fingerprint density at radius 1 is 0.479 bits per heavy atom. The fourth-order valence-electron chi connectivity index (χ4n) is 9.21. The lowest BCUT2D eigenvalue weighted by atomic mass is 10.0. The minimum atomic E-state index is -4.44. The van der Waals surface area contributed by atoms with Crippen molar-refractivity contribution >= 4 is 19.7 Å². The first-order valence-electron chi connectivity index (χ1n) is 31.3. The van der Waals surface area contributed by atoms with Crippen molar-refractivity contribution in [1.82, 2.24) is 5.32 Å². The van der Waals surface area contributed by atoms with Crippen LogP contribution < -0.4 is 5.32 Å². The number of quaternary nitrogens is 1. The lowest BCUT2D eigenvalue weighted by molar-refractivity contribution is -0.870. The van der Waals surface area contributed by atoms with E-state index in [-0.39, 0.29) is 25.1 Å². The van der Waals surface area contributed by atoms with Gasteiger partial charge in [0.25, 0.3) is 0 Å². The van der Waals surface area contributed by atoms with E-state index in [4.69, 9.17) is 13.8 Å². The van der Waals surface area contributed by atoms with Gasteiger partial charge in [0.1, 0.15) is 19.3 Å². The average molecular weight is 1050 g/mol. The van der Waals surface area contributed by atoms with Gasteiger partial charge in [-0.25, -0.2) is 4.57 Å². The number of carbonyl (C=O) groups is 2. The summed E-state index contributed by atoms with van der Waals surface area (Å²) in [4.78, 5) is 37.6. The summed E-state index contributed by atoms with van der Waals surface area (Å²) < 4.78 is 30.7. The molecule has 0 bridgehead atoms. The number of rotatable bonds is 57. The molecule has 3 unspecified atom stereocenters. The largest absolute Gasteiger partial charge is 0.472 e. The highest BCUT2D eigenvalue weighted by Gasteiger charge is 2.30. The molecule has 0 fully saturated rings. The van der Waals surface area contributed by atoms with Crippen molar-refractivity contribution in [1.29, 1.82) is 0 Å². The molecule has 0 aromatic carbocycles. The number of nitrogens with one attached hydrogen (secondary N) is 1. The van der Waals surface area contributed by atoms with Gasteiger partial charge < -0.3 is 19.4 Å². The molecule has 10 heteroatoms. The van der Waals surface area contributed by atoms with Crippen LogP contribution in [-0.4, -0.2) is 74.3 Å². The number of hydrogen-bond donors (Lipinski definition) is 2. The minimum Gasteiger partial charge on any atom is -0.456 e. The van der Waals surface area contributed by atoms with Crippen LogP contribution in [0.3, 0.4) is 0 Å². The Kier molecular flexibility index (Phi) is 52.3. The van der Waals surface area contributed by atoms with E-state index in [1.54, 1.807) is 0 Å². The van der Waals surface area contributed by atoms with Crippen LogP contribution in [0.15, 0.2) is 36.5 Å². The normalized spacial score (nSPS) is 13.9. The quantitative estimate of drug-likeness (QED) is 0.0205. The monoisotopic (exact) mass is 1050 g/mol. The maximum Gasteiger partial charge on any atom is 0.472 e. The first kappa shape index (κ1) is 71.2. The van der Waals surface area contributed by atoms with E-state index >= 15 is 0 Å². The van der Waals surface area contributed by atoms with Gasteiger partial charge >= 0.3 is 13.8 Å². The van der Waals surface area contributed by atoms with Crippen LogP contribution >= 0.6 is 7.82 Å². The van der Waals surface area contributed by atoms with Gasteiger partial charge in [0.2, 0.25) is 5.91 Å². The Hall–Kier alpha value is -1.77. The van der Waals surface area contributed by atoms with Crippen molar-refractivity contribution in [2.45, 2.75) is 315 Å². The molecule has 0 saturated heterocycles. The highest BCUT2D eigenvalue weighted by atomic mass is 31.2. The first-order chi connectivity index (χ1) is 35.4. The van der Waals surface area contributed by atoms with Gasteiger partial charge in [-0.15, -0.1) is 0 Å². The van der Waals surface area contributed by atoms with E-state index in [2.05, 4.69) is 50.4 Å². The smallest absolute Gasteiger partial charge is 0.456 e. The average Bonchev–Trinajstić information content (AvgIpc) is 3.35. The fourth-order valence-corrected chi connectivity index (χ4v) is 9.94. The first-order valence-corrected chi connectivity index (χ1v) is 32.8. The van der Waals surface area contributed by atoms with Gasteiger partial charge in [-0.05, 0) is 63.9 Å². The Morgan fingerprint density at radius 2 is 0.836 bits per heavy atom. The molecule has 0 saturated carbocycles. The highest BCUT2D eigenvalue weighted by Crippen LogP contribution is 2.43. The number of hydrogen-bond acceptors (Lipinski definition) is 6. The second-order valence-corrected chi connectivity index (χ2v) is 24.0. The molecule has 2 N–H and O–H groups in total. The number of esters is 1. The summed E-state index contributed by atoms with van der Waals surface area (Å²) in [6.45, 7) is 7.01. The second-order valence-electron chi connectivity index (χ2n) is 22.6. The number of carbonyl (C=O) groups excluding carboxylic acids is 2. The number of allylic oxidation sites excluding steroid dienone is 5. The Bertz CT molecular complexity index is 1350. The number of unbranched alkanes of at least 4 members (excludes halogenated alkanes) is 37. The van der Waals surface area contributed by atoms with Crippen molar-refractivity contribution in [3.63, 3.8) is 0 Å². The third-order valence-corrected chi connectivity index (χ3v) is 15.1. The van der Waals surface area contributed by atoms with Crippen molar-refractivity contribution in [3.05, 3.63) is 36.5 Å². The van der Waals surface area contributed by atoms with Gasteiger partial charge in [0.15, 0.2) is 0 Å². The molecule has 9 nitrogen and oxygen atoms in total. The van der Waals surface area contributed by atoms with Crippen molar-refractivity contribution in [3.8, 4) is 0 Å². The highest BCUT2D eigenvalue weighted by molar-refractivity contribution is 7.47. The van der Waals surface area contributed by atoms with Crippen LogP contribution in [0.4, 0.5) is 0 Å². The predicted octanol–water partition coefficient (Wildman–Crippen LogP) is 19.1. The molecule has 0 aromatic rings. The summed E-state index contributed by atoms with van der Waals surface area (Å²) in [5.74, 6) is -0.494. The molecule has 3 atom stereocenters. The molecule has 0 radical (unpaired) electrons. The van der Waals surface area contributed by atoms with Crippen LogP contribution in [0.2, 0.25) is 0 Å². The van der Waals surface area contributed by atoms with Gasteiger partial charge in [-0.1, -0.05) is 263 Å². The standard InChI is InChI=1S/C63H121N2O7P/c1-7-10-13-16-19-22-25-27-28-29-30-31-32-33-34-35-36-38-41-44-47-50-53-56-63(67)72-61(54-51-48-45-42-40-37-26-23-20-17-14-11-8-2)60(59-71-73(68,69)70-58-57-65(4,5)6)64-62(66)55-52-49-46-43-39-24-21-18-15-12-9-3/h19,22,27-28,51,54,60-61H,7-18,20-21,23-26,29-50,52-53,55-59H2,1-6H3,(H-,64,66,68,69)/p+1/b22-19-,28-27-,54-51-. The third kappa shape index (κ3) is 54.8. The van der Waals surface area contributed by atoms with Gasteiger partial charge in [-0.2, -0.15) is 0 Å². The maximum absolute atomic E-state index is 13.5. The summed E-state index contributed by atoms with van der Waals surface area (Å²) in [6.07, 6.45) is 64.3. The summed E-state index contributed by atoms with van der Waals surface area (Å²) in [5, 5.41) is 3.05. The fraction of sp³-hybridized carbons (Fsp3) is 0.873. The minimum absolute atomic E-state index is 0.0429. The van der Waals surface area contributed by atoms with Crippen LogP contribution in [0.1, 0.15) is 303 Å². The van der Waals surface area contributed by atoms with E-state index in [1.165, 1.54) is 205 Å². The number of nitrogens with zero attached hydrogens (tertiary/aromatic N) is 1. The van der Waals surface area contributed by atoms with E-state index in [0.717, 1.165) is 64.2 Å². The second kappa shape index (κ2) is 53.6. The molecule has 1 amide bonds. The Balaban J connectivity index is 5.12. The van der Waals surface area contributed by atoms with Gasteiger partial charge in [-0.3, -0.25) is 18.6 Å². The molecular formula is C63H122N2O7P+. The zero-order chi connectivity index (χ0) is 53.6. The van der Waals surface area contributed by atoms with Crippen molar-refractivity contribution in [2.24, 2.45) is 0 Å². The molecule has 73 heavy (non-hydrogen) atoms. The molecule has 0 heterocycles. The van der Waals surface area contributed by atoms with Gasteiger partial charge in [0, 0.05) is 12.8 Å². The molecule has 0 aromatic heterocycles. The third-order valence-electron chi connectivity index (χ3n) is 14.1. The molecular weight excluding hydrogens is 928 g/mol. The Morgan fingerprint density at radius 3 is 1.26 bits per heavy atom. The zero-order valence-corrected chi connectivity index (χ0v) is 50.0. The number of likely N-dealkylation sites (N-methyl/N-ethyl adjacent to an activating group) is 1. The summed E-state index contributed by atoms with van der Waals surface area (Å²) >= 11 is 0. The van der Waals surface area contributed by atoms with Crippen LogP contribution in [0.5, 0.6) is 0 Å². The lowest BCUT2D eigenvalue weighted by Crippen LogP contribution is -2.47. The molecule has 0 aliphatic heterocycles. The van der Waals surface area contributed by atoms with Crippen molar-refractivity contribution < 1.29 is 37.3 Å². The zero-order valence-electron chi connectivity index (χ0n) is 49.1. The number of phosphoric acid groups is 1. The van der Waals surface area contributed by atoms with Gasteiger partial charge in [0.05, 0.1) is 33.8 Å². The van der Waals surface area contributed by atoms with Crippen LogP contribution in [0.25, 0.3) is 0 Å². The number of phosphoric ester groups is 1. The van der Waals surface area contributed by atoms with Crippen molar-refractivity contribution in [2.75, 3.05) is 40.9 Å². The summed E-state index contributed by atoms with van der Waals surface area (Å²) in [6, 6.07) is -0.843. The molecule has 0 rings (SSSR count). The SMILES string of the molecule is CCCCC/C=C\C/C=C\CCCCCCCCCCCCCCCC(=O)OC(/C=C\CCCCCCCCCCCCC)C(COP(=O)(O)OCC[N+](C)(C)C)NC(=O)CCCCCCCCCCCCC. The molecule has 0 spiro atoms. The number of ether oxygens (including phenoxy) is 1. The lowest BCUT2D eigenvalue weighted by Gasteiger charge is -2.27. The maximum atomic E-state index is 13.5. The van der Waals surface area contributed by atoms with E-state index < -0.39 is 20.0 Å². The molecule has 0 aliphatic rings. The Labute approximate surface area is 453 Å². The summed E-state index contributed by atoms with van der Waals surface area (Å²) in [7, 11) is 1.51. The van der Waals surface area contributed by atoms with E-state index in [1.807, 2.05) is 33.3 Å². The molecule has 0 aliphatic carbocycles. The van der Waals surface area contributed by atoms with Crippen LogP contribution in [0, 0.1) is 0 Å². The molecule has 430 valence electrons.